The molecular weight excluding hydrogens is 384 g/mol. The van der Waals surface area contributed by atoms with Gasteiger partial charge in [0.2, 0.25) is 0 Å². The molecule has 0 amide bonds. The van der Waals surface area contributed by atoms with Crippen LogP contribution in [0, 0.1) is 0 Å². The van der Waals surface area contributed by atoms with Gasteiger partial charge in [0, 0.05) is 39.4 Å². The Morgan fingerprint density at radius 3 is 2.56 bits per heavy atom. The minimum absolute atomic E-state index is 0.0315. The lowest BCUT2D eigenvalue weighted by atomic mass is 10.1. The first-order valence-corrected chi connectivity index (χ1v) is 10.6. The first-order valence-electron chi connectivity index (χ1n) is 8.26. The van der Waals surface area contributed by atoms with Gasteiger partial charge in [-0.1, -0.05) is 18.2 Å². The summed E-state index contributed by atoms with van der Waals surface area (Å²) >= 11 is 0.883. The van der Waals surface area contributed by atoms with E-state index in [2.05, 4.69) is 16.2 Å². The molecule has 4 rings (SSSR count). The van der Waals surface area contributed by atoms with Crippen molar-refractivity contribution in [3.63, 3.8) is 0 Å². The van der Waals surface area contributed by atoms with E-state index in [-0.39, 0.29) is 9.77 Å². The maximum absolute atomic E-state index is 12.6. The van der Waals surface area contributed by atoms with Gasteiger partial charge in [0.1, 0.15) is 4.21 Å². The molecule has 6 nitrogen and oxygen atoms in total. The Bertz CT molecular complexity index is 1290. The second-order valence-electron chi connectivity index (χ2n) is 6.06. The molecule has 4 aromatic rings. The number of carbonyl (C=O) groups is 1. The van der Waals surface area contributed by atoms with Gasteiger partial charge in [0.15, 0.2) is 0 Å². The van der Waals surface area contributed by atoms with Crippen molar-refractivity contribution in [3.8, 4) is 0 Å². The number of fused-ring (bicyclic) bond motifs is 3. The number of benzene rings is 2. The zero-order valence-corrected chi connectivity index (χ0v) is 16.0. The monoisotopic (exact) mass is 400 g/mol. The number of aryl methyl sites for hydroxylation is 1. The zero-order valence-electron chi connectivity index (χ0n) is 14.3. The molecular formula is C19H16N2O4S2. The van der Waals surface area contributed by atoms with Gasteiger partial charge < -0.3 is 9.67 Å². The third-order valence-electron chi connectivity index (χ3n) is 4.43. The molecule has 0 unspecified atom stereocenters. The largest absolute Gasteiger partial charge is 0.478 e. The summed E-state index contributed by atoms with van der Waals surface area (Å²) in [6, 6.07) is 14.6. The topological polar surface area (TPSA) is 88.4 Å². The summed E-state index contributed by atoms with van der Waals surface area (Å²) in [5.41, 5.74) is 2.53. The average Bonchev–Trinajstić information content (AvgIpc) is 3.25. The first kappa shape index (κ1) is 17.6. The predicted molar refractivity (Wildman–Crippen MR) is 107 cm³/mol. The van der Waals surface area contributed by atoms with Crippen LogP contribution in [-0.2, 0) is 16.6 Å². The Morgan fingerprint density at radius 1 is 1.11 bits per heavy atom. The van der Waals surface area contributed by atoms with Crippen molar-refractivity contribution in [2.24, 2.45) is 0 Å². The fourth-order valence-electron chi connectivity index (χ4n) is 3.23. The average molecular weight is 400 g/mol. The van der Waals surface area contributed by atoms with E-state index in [9.17, 15) is 13.2 Å². The van der Waals surface area contributed by atoms with Crippen LogP contribution in [-0.4, -0.2) is 24.1 Å². The summed E-state index contributed by atoms with van der Waals surface area (Å²) in [4.78, 5) is 11.0. The number of thiophene rings is 1. The second-order valence-corrected chi connectivity index (χ2v) is 8.88. The van der Waals surface area contributed by atoms with Crippen LogP contribution in [0.4, 0.5) is 5.69 Å². The van der Waals surface area contributed by atoms with Crippen molar-refractivity contribution in [1.82, 2.24) is 4.57 Å². The van der Waals surface area contributed by atoms with E-state index in [1.807, 2.05) is 36.4 Å². The molecule has 0 saturated heterocycles. The third kappa shape index (κ3) is 2.96. The number of rotatable bonds is 5. The number of nitrogens with zero attached hydrogens (tertiary/aromatic N) is 1. The number of aromatic nitrogens is 1. The number of hydrogen-bond acceptors (Lipinski definition) is 4. The van der Waals surface area contributed by atoms with E-state index in [0.717, 1.165) is 45.8 Å². The minimum Gasteiger partial charge on any atom is -0.478 e. The van der Waals surface area contributed by atoms with E-state index in [1.54, 1.807) is 6.07 Å². The Labute approximate surface area is 159 Å². The summed E-state index contributed by atoms with van der Waals surface area (Å²) < 4.78 is 29.9. The highest BCUT2D eigenvalue weighted by atomic mass is 32.2. The van der Waals surface area contributed by atoms with Crippen molar-refractivity contribution in [1.29, 1.82) is 0 Å². The summed E-state index contributed by atoms with van der Waals surface area (Å²) in [7, 11) is -3.85. The maximum Gasteiger partial charge on any atom is 0.336 e. The lowest BCUT2D eigenvalue weighted by Gasteiger charge is -2.07. The summed E-state index contributed by atoms with van der Waals surface area (Å²) in [6.07, 6.45) is 0. The van der Waals surface area contributed by atoms with Crippen LogP contribution in [0.5, 0.6) is 0 Å². The quantitative estimate of drug-likeness (QED) is 0.520. The molecule has 0 fully saturated rings. The van der Waals surface area contributed by atoms with Crippen molar-refractivity contribution >= 4 is 54.8 Å². The number of carboxylic acids is 1. The zero-order chi connectivity index (χ0) is 19.2. The Morgan fingerprint density at radius 2 is 1.85 bits per heavy atom. The fraction of sp³-hybridized carbons (Fsp3) is 0.105. The molecule has 2 heterocycles. The lowest BCUT2D eigenvalue weighted by Crippen LogP contribution is -2.11. The molecule has 0 spiro atoms. The fourth-order valence-corrected chi connectivity index (χ4v) is 5.44. The number of hydrogen-bond donors (Lipinski definition) is 2. The van der Waals surface area contributed by atoms with Gasteiger partial charge in [-0.3, -0.25) is 4.72 Å². The molecule has 2 aromatic carbocycles. The Kier molecular flexibility index (Phi) is 4.16. The second kappa shape index (κ2) is 6.40. The number of aromatic carboxylic acids is 1. The van der Waals surface area contributed by atoms with Crippen LogP contribution < -0.4 is 4.72 Å². The van der Waals surface area contributed by atoms with Crippen molar-refractivity contribution in [2.75, 3.05) is 4.72 Å². The molecule has 0 radical (unpaired) electrons. The Balaban J connectivity index is 1.78. The third-order valence-corrected chi connectivity index (χ3v) is 7.25. The summed E-state index contributed by atoms with van der Waals surface area (Å²) in [5, 5.41) is 12.3. The predicted octanol–water partition coefficient (Wildman–Crippen LogP) is 4.37. The van der Waals surface area contributed by atoms with Crippen LogP contribution in [0.1, 0.15) is 17.3 Å². The molecule has 0 saturated carbocycles. The molecule has 0 aliphatic rings. The highest BCUT2D eigenvalue weighted by molar-refractivity contribution is 7.94. The minimum atomic E-state index is -3.85. The summed E-state index contributed by atoms with van der Waals surface area (Å²) in [6.45, 7) is 2.88. The van der Waals surface area contributed by atoms with Gasteiger partial charge in [-0.05, 0) is 37.3 Å². The molecule has 0 aliphatic carbocycles. The summed E-state index contributed by atoms with van der Waals surface area (Å²) in [5.74, 6) is -1.15. The van der Waals surface area contributed by atoms with Crippen LogP contribution in [0.15, 0.2) is 58.1 Å². The normalized spacial score (nSPS) is 11.9. The smallest absolute Gasteiger partial charge is 0.336 e. The van der Waals surface area contributed by atoms with Gasteiger partial charge in [-0.25, -0.2) is 13.2 Å². The standard InChI is InChI=1S/C19H16N2O4S2/c1-2-21-16-6-4-3-5-14(16)15-10-13(7-8-17(15)21)20-27(24,25)18-9-12(11-26-18)19(22)23/h3-11,20H,2H2,1H3,(H,22,23). The van der Waals surface area contributed by atoms with Crippen LogP contribution >= 0.6 is 11.3 Å². The van der Waals surface area contributed by atoms with E-state index < -0.39 is 16.0 Å². The highest BCUT2D eigenvalue weighted by Crippen LogP contribution is 2.32. The molecule has 0 aliphatic heterocycles. The van der Waals surface area contributed by atoms with Crippen molar-refractivity contribution in [3.05, 3.63) is 59.5 Å². The van der Waals surface area contributed by atoms with E-state index in [1.165, 1.54) is 5.38 Å². The van der Waals surface area contributed by atoms with Crippen LogP contribution in [0.3, 0.4) is 0 Å². The molecule has 2 N–H and O–H groups in total. The van der Waals surface area contributed by atoms with Crippen molar-refractivity contribution < 1.29 is 18.3 Å². The molecule has 2 aromatic heterocycles. The lowest BCUT2D eigenvalue weighted by molar-refractivity contribution is 0.0697. The van der Waals surface area contributed by atoms with Gasteiger partial charge in [0.05, 0.1) is 5.56 Å². The molecule has 8 heteroatoms. The SMILES string of the molecule is CCn1c2ccccc2c2cc(NS(=O)(=O)c3cc(C(=O)O)cs3)ccc21. The number of nitrogens with one attached hydrogen (secondary N) is 1. The number of carboxylic acid groups (broad SMARTS) is 1. The van der Waals surface area contributed by atoms with Crippen molar-refractivity contribution in [2.45, 2.75) is 17.7 Å². The molecule has 27 heavy (non-hydrogen) atoms. The number of para-hydroxylation sites is 1. The highest BCUT2D eigenvalue weighted by Gasteiger charge is 2.20. The maximum atomic E-state index is 12.6. The number of sulfonamides is 1. The van der Waals surface area contributed by atoms with E-state index >= 15 is 0 Å². The van der Waals surface area contributed by atoms with Gasteiger partial charge in [0.25, 0.3) is 10.0 Å². The van der Waals surface area contributed by atoms with Crippen LogP contribution in [0.2, 0.25) is 0 Å². The first-order chi connectivity index (χ1) is 12.9. The molecule has 0 bridgehead atoms. The molecule has 138 valence electrons. The van der Waals surface area contributed by atoms with Gasteiger partial charge in [-0.15, -0.1) is 11.3 Å². The van der Waals surface area contributed by atoms with Crippen LogP contribution in [0.25, 0.3) is 21.8 Å². The van der Waals surface area contributed by atoms with E-state index in [0.29, 0.717) is 5.69 Å². The molecule has 0 atom stereocenters. The van der Waals surface area contributed by atoms with Gasteiger partial charge >= 0.3 is 5.97 Å². The van der Waals surface area contributed by atoms with E-state index in [4.69, 9.17) is 5.11 Å². The number of anilines is 1. The van der Waals surface area contributed by atoms with Gasteiger partial charge in [-0.2, -0.15) is 0 Å². The Hall–Kier alpha value is -2.84.